The third-order valence-corrected chi connectivity index (χ3v) is 4.36. The molecule has 27 heavy (non-hydrogen) atoms. The number of nitrogens with one attached hydrogen (secondary N) is 1. The van der Waals surface area contributed by atoms with Gasteiger partial charge < -0.3 is 19.2 Å². The lowest BCUT2D eigenvalue weighted by atomic mass is 10.1. The monoisotopic (exact) mass is 387 g/mol. The van der Waals surface area contributed by atoms with Gasteiger partial charge in [0.05, 0.1) is 19.8 Å². The second kappa shape index (κ2) is 8.60. The zero-order valence-corrected chi connectivity index (χ0v) is 15.4. The zero-order valence-electron chi connectivity index (χ0n) is 14.7. The maximum atomic E-state index is 12.0. The quantitative estimate of drug-likeness (QED) is 0.628. The average Bonchev–Trinajstić information content (AvgIpc) is 3.07. The lowest BCUT2D eigenvalue weighted by molar-refractivity contribution is -0.147. The molecular weight excluding hydrogens is 370 g/mol. The van der Waals surface area contributed by atoms with E-state index in [1.165, 1.54) is 6.26 Å². The molecule has 6 nitrogen and oxygen atoms in total. The Hall–Kier alpha value is -2.99. The molecule has 0 fully saturated rings. The number of ether oxygens (including phenoxy) is 2. The van der Waals surface area contributed by atoms with Gasteiger partial charge in [-0.3, -0.25) is 9.59 Å². The highest BCUT2D eigenvalue weighted by Crippen LogP contribution is 2.26. The highest BCUT2D eigenvalue weighted by molar-refractivity contribution is 6.31. The van der Waals surface area contributed by atoms with Crippen LogP contribution in [0.1, 0.15) is 11.1 Å². The molecule has 0 saturated heterocycles. The molecule has 0 aliphatic carbocycles. The number of rotatable bonds is 7. The standard InChI is InChI=1S/C20H18ClNO5/c1-25-15-6-7-16-14(11-26-18(16)9-15)8-20(24)27-12-19(23)22-10-13-4-2-3-5-17(13)21/h2-7,9,11H,8,10,12H2,1H3,(H,22,23). The van der Waals surface area contributed by atoms with E-state index in [0.717, 1.165) is 10.9 Å². The van der Waals surface area contributed by atoms with Crippen molar-refractivity contribution < 1.29 is 23.5 Å². The summed E-state index contributed by atoms with van der Waals surface area (Å²) in [5, 5.41) is 4.03. The number of carbonyl (C=O) groups is 2. The minimum absolute atomic E-state index is 0.0110. The van der Waals surface area contributed by atoms with E-state index in [0.29, 0.717) is 21.9 Å². The van der Waals surface area contributed by atoms with Gasteiger partial charge >= 0.3 is 5.97 Å². The largest absolute Gasteiger partial charge is 0.497 e. The van der Waals surface area contributed by atoms with Gasteiger partial charge in [-0.1, -0.05) is 29.8 Å². The molecule has 0 unspecified atom stereocenters. The molecule has 0 radical (unpaired) electrons. The third kappa shape index (κ3) is 4.80. The van der Waals surface area contributed by atoms with Crippen molar-refractivity contribution in [1.29, 1.82) is 0 Å². The second-order valence-electron chi connectivity index (χ2n) is 5.83. The summed E-state index contributed by atoms with van der Waals surface area (Å²) >= 11 is 6.03. The molecule has 1 amide bonds. The average molecular weight is 388 g/mol. The highest BCUT2D eigenvalue weighted by Gasteiger charge is 2.13. The van der Waals surface area contributed by atoms with E-state index < -0.39 is 11.9 Å². The Bertz CT molecular complexity index is 966. The number of furan rings is 1. The summed E-state index contributed by atoms with van der Waals surface area (Å²) in [7, 11) is 1.57. The number of benzene rings is 2. The van der Waals surface area contributed by atoms with E-state index in [-0.39, 0.29) is 19.6 Å². The van der Waals surface area contributed by atoms with Crippen LogP contribution in [0.2, 0.25) is 5.02 Å². The Morgan fingerprint density at radius 2 is 1.96 bits per heavy atom. The molecule has 2 aromatic carbocycles. The van der Waals surface area contributed by atoms with E-state index in [4.69, 9.17) is 25.5 Å². The first-order valence-corrected chi connectivity index (χ1v) is 8.64. The summed E-state index contributed by atoms with van der Waals surface area (Å²) in [5.41, 5.74) is 2.10. The molecule has 0 saturated carbocycles. The first-order valence-electron chi connectivity index (χ1n) is 8.26. The number of esters is 1. The summed E-state index contributed by atoms with van der Waals surface area (Å²) in [5.74, 6) is -0.243. The summed E-state index contributed by atoms with van der Waals surface area (Å²) in [4.78, 5) is 23.9. The molecule has 0 aliphatic rings. The van der Waals surface area contributed by atoms with Gasteiger partial charge in [0, 0.05) is 28.6 Å². The normalized spacial score (nSPS) is 10.6. The van der Waals surface area contributed by atoms with Crippen LogP contribution in [0.25, 0.3) is 11.0 Å². The van der Waals surface area contributed by atoms with Crippen LogP contribution in [0.5, 0.6) is 5.75 Å². The fourth-order valence-electron chi connectivity index (χ4n) is 2.57. The molecule has 140 valence electrons. The summed E-state index contributed by atoms with van der Waals surface area (Å²) in [6, 6.07) is 12.5. The van der Waals surface area contributed by atoms with E-state index >= 15 is 0 Å². The van der Waals surface area contributed by atoms with E-state index in [1.807, 2.05) is 24.3 Å². The minimum atomic E-state index is -0.513. The van der Waals surface area contributed by atoms with Crippen LogP contribution in [0, 0.1) is 0 Å². The molecule has 0 atom stereocenters. The van der Waals surface area contributed by atoms with Crippen LogP contribution in [-0.2, 0) is 27.3 Å². The molecule has 3 aromatic rings. The maximum absolute atomic E-state index is 12.0. The predicted octanol–water partition coefficient (Wildman–Crippen LogP) is 3.50. The van der Waals surface area contributed by atoms with Crippen LogP contribution in [0.15, 0.2) is 53.1 Å². The lowest BCUT2D eigenvalue weighted by Gasteiger charge is -2.07. The first-order chi connectivity index (χ1) is 13.1. The van der Waals surface area contributed by atoms with Gasteiger partial charge in [-0.2, -0.15) is 0 Å². The Labute approximate surface area is 161 Å². The molecule has 1 N–H and O–H groups in total. The number of halogens is 1. The Balaban J connectivity index is 1.49. The molecular formula is C20H18ClNO5. The Morgan fingerprint density at radius 3 is 2.74 bits per heavy atom. The fraction of sp³-hybridized carbons (Fsp3) is 0.200. The van der Waals surface area contributed by atoms with Gasteiger partial charge in [-0.15, -0.1) is 0 Å². The van der Waals surface area contributed by atoms with Crippen molar-refractivity contribution in [2.45, 2.75) is 13.0 Å². The van der Waals surface area contributed by atoms with Crippen molar-refractivity contribution in [1.82, 2.24) is 5.32 Å². The van der Waals surface area contributed by atoms with E-state index in [1.54, 1.807) is 25.3 Å². The van der Waals surface area contributed by atoms with Crippen molar-refractivity contribution in [3.63, 3.8) is 0 Å². The number of hydrogen-bond acceptors (Lipinski definition) is 5. The van der Waals surface area contributed by atoms with Crippen molar-refractivity contribution in [3.8, 4) is 5.75 Å². The van der Waals surface area contributed by atoms with Crippen LogP contribution >= 0.6 is 11.6 Å². The highest BCUT2D eigenvalue weighted by atomic mass is 35.5. The molecule has 1 aromatic heterocycles. The maximum Gasteiger partial charge on any atom is 0.310 e. The van der Waals surface area contributed by atoms with E-state index in [2.05, 4.69) is 5.32 Å². The first kappa shape index (κ1) is 18.8. The number of hydrogen-bond donors (Lipinski definition) is 1. The van der Waals surface area contributed by atoms with Gasteiger partial charge in [0.1, 0.15) is 11.3 Å². The summed E-state index contributed by atoms with van der Waals surface area (Å²) in [6.45, 7) is -0.0862. The van der Waals surface area contributed by atoms with Gasteiger partial charge in [-0.05, 0) is 23.8 Å². The van der Waals surface area contributed by atoms with Crippen molar-refractivity contribution in [2.24, 2.45) is 0 Å². The second-order valence-corrected chi connectivity index (χ2v) is 6.24. The number of methoxy groups -OCH3 is 1. The SMILES string of the molecule is COc1ccc2c(CC(=O)OCC(=O)NCc3ccccc3Cl)coc2c1. The van der Waals surface area contributed by atoms with Crippen LogP contribution in [0.3, 0.4) is 0 Å². The van der Waals surface area contributed by atoms with Gasteiger partial charge in [0.15, 0.2) is 6.61 Å². The van der Waals surface area contributed by atoms with Crippen LogP contribution in [-0.4, -0.2) is 25.6 Å². The number of carbonyl (C=O) groups excluding carboxylic acids is 2. The molecule has 1 heterocycles. The Kier molecular flexibility index (Phi) is 5.98. The van der Waals surface area contributed by atoms with Crippen LogP contribution in [0.4, 0.5) is 0 Å². The van der Waals surface area contributed by atoms with Gasteiger partial charge in [-0.25, -0.2) is 0 Å². The van der Waals surface area contributed by atoms with Gasteiger partial charge in [0.25, 0.3) is 5.91 Å². The fourth-order valence-corrected chi connectivity index (χ4v) is 2.77. The van der Waals surface area contributed by atoms with Crippen LogP contribution < -0.4 is 10.1 Å². The number of amides is 1. The summed E-state index contributed by atoms with van der Waals surface area (Å²) in [6.07, 6.45) is 1.51. The van der Waals surface area contributed by atoms with Crippen molar-refractivity contribution >= 4 is 34.4 Å². The summed E-state index contributed by atoms with van der Waals surface area (Å²) < 4.78 is 15.6. The van der Waals surface area contributed by atoms with Gasteiger partial charge in [0.2, 0.25) is 0 Å². The topological polar surface area (TPSA) is 77.8 Å². The van der Waals surface area contributed by atoms with Crippen molar-refractivity contribution in [3.05, 3.63) is 64.9 Å². The molecule has 0 spiro atoms. The minimum Gasteiger partial charge on any atom is -0.497 e. The smallest absolute Gasteiger partial charge is 0.310 e. The number of fused-ring (bicyclic) bond motifs is 1. The molecule has 0 aliphatic heterocycles. The zero-order chi connectivity index (χ0) is 19.2. The molecule has 0 bridgehead atoms. The lowest BCUT2D eigenvalue weighted by Crippen LogP contribution is -2.28. The Morgan fingerprint density at radius 1 is 1.15 bits per heavy atom. The van der Waals surface area contributed by atoms with E-state index in [9.17, 15) is 9.59 Å². The van der Waals surface area contributed by atoms with Crippen molar-refractivity contribution in [2.75, 3.05) is 13.7 Å². The predicted molar refractivity (Wildman–Crippen MR) is 101 cm³/mol. The third-order valence-electron chi connectivity index (χ3n) is 4.00. The molecule has 7 heteroatoms. The molecule has 3 rings (SSSR count).